The molecule has 1 N–H and O–H groups in total. The molecule has 0 aromatic rings. The van der Waals surface area contributed by atoms with Gasteiger partial charge in [0.05, 0.1) is 5.88 Å². The van der Waals surface area contributed by atoms with Gasteiger partial charge in [0, 0.05) is 31.8 Å². The van der Waals surface area contributed by atoms with E-state index in [-0.39, 0.29) is 36.2 Å². The number of thioether (sulfide) groups is 1. The summed E-state index contributed by atoms with van der Waals surface area (Å²) >= 11 is 1.68. The predicted molar refractivity (Wildman–Crippen MR) is 84.1 cm³/mol. The second kappa shape index (κ2) is 8.10. The molecule has 1 heterocycles. The maximum atomic E-state index is 12.4. The van der Waals surface area contributed by atoms with E-state index in [1.54, 1.807) is 21.6 Å². The molecule has 1 unspecified atom stereocenters. The minimum absolute atomic E-state index is 0. The molecule has 0 spiro atoms. The Morgan fingerprint density at radius 2 is 2.10 bits per heavy atom. The van der Waals surface area contributed by atoms with Crippen molar-refractivity contribution < 1.29 is 9.59 Å². The first-order valence-electron chi connectivity index (χ1n) is 6.93. The Hall–Kier alpha value is -0.460. The molecule has 1 aliphatic heterocycles. The summed E-state index contributed by atoms with van der Waals surface area (Å²) in [7, 11) is 3.69. The lowest BCUT2D eigenvalue weighted by molar-refractivity contribution is -0.146. The van der Waals surface area contributed by atoms with Gasteiger partial charge in [-0.3, -0.25) is 9.59 Å². The van der Waals surface area contributed by atoms with Gasteiger partial charge in [-0.05, 0) is 19.9 Å². The normalized spacial score (nSPS) is 22.1. The molecule has 2 fully saturated rings. The summed E-state index contributed by atoms with van der Waals surface area (Å²) in [5.74, 6) is 1.86. The molecule has 1 aliphatic carbocycles. The van der Waals surface area contributed by atoms with Gasteiger partial charge in [0.1, 0.15) is 6.04 Å². The second-order valence-electron chi connectivity index (χ2n) is 5.31. The van der Waals surface area contributed by atoms with E-state index in [0.717, 1.165) is 31.6 Å². The Labute approximate surface area is 131 Å². The zero-order valence-corrected chi connectivity index (χ0v) is 13.8. The largest absolute Gasteiger partial charge is 0.343 e. The minimum atomic E-state index is -0.250. The molecule has 7 heteroatoms. The molecule has 1 saturated carbocycles. The van der Waals surface area contributed by atoms with Crippen LogP contribution in [0.4, 0.5) is 0 Å². The van der Waals surface area contributed by atoms with Crippen molar-refractivity contribution in [2.75, 3.05) is 38.8 Å². The average molecular weight is 322 g/mol. The molecule has 20 heavy (non-hydrogen) atoms. The predicted octanol–water partition coefficient (Wildman–Crippen LogP) is 0.788. The van der Waals surface area contributed by atoms with Crippen LogP contribution in [-0.2, 0) is 9.59 Å². The first-order chi connectivity index (χ1) is 9.15. The number of carbonyl (C=O) groups is 2. The average Bonchev–Trinajstić information content (AvgIpc) is 2.81. The summed E-state index contributed by atoms with van der Waals surface area (Å²) in [5.41, 5.74) is 0. The zero-order chi connectivity index (χ0) is 13.8. The number of carbonyl (C=O) groups excluding carboxylic acids is 2. The molecule has 1 saturated heterocycles. The van der Waals surface area contributed by atoms with Crippen molar-refractivity contribution >= 4 is 36.0 Å². The van der Waals surface area contributed by atoms with E-state index in [2.05, 4.69) is 5.32 Å². The molecule has 1 atom stereocenters. The minimum Gasteiger partial charge on any atom is -0.343 e. The third-order valence-electron chi connectivity index (χ3n) is 3.98. The van der Waals surface area contributed by atoms with Gasteiger partial charge in [0.2, 0.25) is 11.8 Å². The topological polar surface area (TPSA) is 52.7 Å². The fraction of sp³-hybridized carbons (Fsp3) is 0.846. The molecule has 0 radical (unpaired) electrons. The van der Waals surface area contributed by atoms with Gasteiger partial charge in [0.15, 0.2) is 0 Å². The lowest BCUT2D eigenvalue weighted by Gasteiger charge is -2.33. The van der Waals surface area contributed by atoms with Crippen LogP contribution in [0.15, 0.2) is 0 Å². The second-order valence-corrected chi connectivity index (χ2v) is 6.31. The third-order valence-corrected chi connectivity index (χ3v) is 4.99. The molecule has 0 aromatic carbocycles. The Morgan fingerprint density at radius 3 is 2.65 bits per heavy atom. The number of nitrogens with zero attached hydrogens (tertiary/aromatic N) is 2. The summed E-state index contributed by atoms with van der Waals surface area (Å²) < 4.78 is 0. The van der Waals surface area contributed by atoms with E-state index in [4.69, 9.17) is 0 Å². The molecule has 5 nitrogen and oxygen atoms in total. The molecule has 2 rings (SSSR count). The maximum absolute atomic E-state index is 12.4. The first-order valence-corrected chi connectivity index (χ1v) is 8.08. The molecular formula is C13H24ClN3O2S. The van der Waals surface area contributed by atoms with Crippen molar-refractivity contribution in [1.29, 1.82) is 0 Å². The molecule has 0 aromatic heterocycles. The first kappa shape index (κ1) is 17.6. The van der Waals surface area contributed by atoms with Crippen LogP contribution in [0.2, 0.25) is 0 Å². The van der Waals surface area contributed by atoms with E-state index in [0.29, 0.717) is 12.4 Å². The Morgan fingerprint density at radius 1 is 1.40 bits per heavy atom. The van der Waals surface area contributed by atoms with Crippen molar-refractivity contribution in [3.05, 3.63) is 0 Å². The van der Waals surface area contributed by atoms with Crippen LogP contribution in [0.25, 0.3) is 0 Å². The SMILES string of the molecule is CNCCN(C)C(=O)C1CSCN1C(=O)C1CCC1.Cl. The fourth-order valence-corrected chi connectivity index (χ4v) is 3.55. The van der Waals surface area contributed by atoms with Crippen molar-refractivity contribution in [3.63, 3.8) is 0 Å². The van der Waals surface area contributed by atoms with E-state index in [1.165, 1.54) is 0 Å². The van der Waals surface area contributed by atoms with Crippen molar-refractivity contribution in [2.24, 2.45) is 5.92 Å². The van der Waals surface area contributed by atoms with Crippen molar-refractivity contribution in [3.8, 4) is 0 Å². The molecule has 2 amide bonds. The van der Waals surface area contributed by atoms with Crippen LogP contribution in [0, 0.1) is 5.92 Å². The van der Waals surface area contributed by atoms with Crippen LogP contribution in [0.1, 0.15) is 19.3 Å². The molecule has 2 aliphatic rings. The van der Waals surface area contributed by atoms with Gasteiger partial charge in [-0.2, -0.15) is 0 Å². The lowest BCUT2D eigenvalue weighted by Crippen LogP contribution is -2.51. The van der Waals surface area contributed by atoms with Gasteiger partial charge in [-0.1, -0.05) is 6.42 Å². The summed E-state index contributed by atoms with van der Waals surface area (Å²) in [6.45, 7) is 1.46. The van der Waals surface area contributed by atoms with Crippen molar-refractivity contribution in [1.82, 2.24) is 15.1 Å². The van der Waals surface area contributed by atoms with E-state index in [9.17, 15) is 9.59 Å². The number of likely N-dealkylation sites (N-methyl/N-ethyl adjacent to an activating group) is 2. The molecule has 0 bridgehead atoms. The van der Waals surface area contributed by atoms with E-state index in [1.807, 2.05) is 14.1 Å². The summed E-state index contributed by atoms with van der Waals surface area (Å²) in [4.78, 5) is 28.2. The zero-order valence-electron chi connectivity index (χ0n) is 12.1. The number of hydrogen-bond donors (Lipinski definition) is 1. The van der Waals surface area contributed by atoms with E-state index >= 15 is 0 Å². The van der Waals surface area contributed by atoms with Crippen LogP contribution in [0.5, 0.6) is 0 Å². The van der Waals surface area contributed by atoms with Gasteiger partial charge < -0.3 is 15.1 Å². The number of halogens is 1. The number of hydrogen-bond acceptors (Lipinski definition) is 4. The van der Waals surface area contributed by atoms with Gasteiger partial charge in [-0.25, -0.2) is 0 Å². The monoisotopic (exact) mass is 321 g/mol. The van der Waals surface area contributed by atoms with Crippen LogP contribution in [-0.4, -0.2) is 66.5 Å². The summed E-state index contributed by atoms with van der Waals surface area (Å²) in [6, 6.07) is -0.250. The highest BCUT2D eigenvalue weighted by Gasteiger charge is 2.39. The smallest absolute Gasteiger partial charge is 0.246 e. The van der Waals surface area contributed by atoms with Gasteiger partial charge in [0.25, 0.3) is 0 Å². The van der Waals surface area contributed by atoms with Gasteiger partial charge >= 0.3 is 0 Å². The van der Waals surface area contributed by atoms with E-state index < -0.39 is 0 Å². The Bertz CT molecular complexity index is 353. The lowest BCUT2D eigenvalue weighted by atomic mass is 9.84. The highest BCUT2D eigenvalue weighted by molar-refractivity contribution is 7.99. The number of rotatable bonds is 5. The molecule has 116 valence electrons. The quantitative estimate of drug-likeness (QED) is 0.813. The maximum Gasteiger partial charge on any atom is 0.246 e. The van der Waals surface area contributed by atoms with Crippen LogP contribution in [0.3, 0.4) is 0 Å². The Balaban J connectivity index is 0.00000200. The number of nitrogens with one attached hydrogen (secondary N) is 1. The summed E-state index contributed by atoms with van der Waals surface area (Å²) in [5, 5.41) is 3.03. The third kappa shape index (κ3) is 3.80. The van der Waals surface area contributed by atoms with Crippen LogP contribution < -0.4 is 5.32 Å². The summed E-state index contributed by atoms with van der Waals surface area (Å²) in [6.07, 6.45) is 3.14. The van der Waals surface area contributed by atoms with Gasteiger partial charge in [-0.15, -0.1) is 24.2 Å². The fourth-order valence-electron chi connectivity index (χ4n) is 2.40. The molecular weight excluding hydrogens is 298 g/mol. The van der Waals surface area contributed by atoms with Crippen molar-refractivity contribution in [2.45, 2.75) is 25.3 Å². The highest BCUT2D eigenvalue weighted by atomic mass is 35.5. The highest BCUT2D eigenvalue weighted by Crippen LogP contribution is 2.32. The Kier molecular flexibility index (Phi) is 7.12. The van der Waals surface area contributed by atoms with Crippen LogP contribution >= 0.6 is 24.2 Å². The standard InChI is InChI=1S/C13H23N3O2S.ClH/c1-14-6-7-15(2)13(18)11-8-19-9-16(11)12(17)10-4-3-5-10;/h10-11,14H,3-9H2,1-2H3;1H. The number of amides is 2.